The molecule has 2 N–H and O–H groups in total. The predicted octanol–water partition coefficient (Wildman–Crippen LogP) is 1.80. The highest BCUT2D eigenvalue weighted by atomic mass is 35.5. The number of hydrogen-bond donors (Lipinski definition) is 2. The number of nitrogens with zero attached hydrogens (tertiary/aromatic N) is 2. The van der Waals surface area contributed by atoms with Gasteiger partial charge in [-0.05, 0) is 42.5 Å². The Labute approximate surface area is 148 Å². The minimum atomic E-state index is -3.78. The second-order valence-electron chi connectivity index (χ2n) is 5.18. The van der Waals surface area contributed by atoms with Gasteiger partial charge in [0, 0.05) is 12.1 Å². The van der Waals surface area contributed by atoms with Gasteiger partial charge in [0.2, 0.25) is 5.95 Å². The molecule has 25 heavy (non-hydrogen) atoms. The van der Waals surface area contributed by atoms with Gasteiger partial charge >= 0.3 is 0 Å². The number of anilines is 2. The van der Waals surface area contributed by atoms with Gasteiger partial charge in [-0.25, -0.2) is 13.4 Å². The number of rotatable bonds is 4. The Morgan fingerprint density at radius 2 is 1.92 bits per heavy atom. The van der Waals surface area contributed by atoms with E-state index >= 15 is 0 Å². The number of halogens is 1. The molecule has 1 heterocycles. The largest absolute Gasteiger partial charge is 0.530 e. The van der Waals surface area contributed by atoms with Gasteiger partial charge in [-0.2, -0.15) is 0 Å². The molecule has 0 aliphatic carbocycles. The standard InChI is InChI=1S/C15H13ClN4O4S/c1-20(15(21)22)14-17-12-7-4-10(8-13(12)18-14)19-25(23,24)11-5-2-9(16)3-6-11/h2-8,19H,1H3,(H,17,18)(H,21,22)/p-1. The lowest BCUT2D eigenvalue weighted by Gasteiger charge is -2.15. The van der Waals surface area contributed by atoms with Crippen LogP contribution in [0.2, 0.25) is 5.02 Å². The Kier molecular flexibility index (Phi) is 4.27. The number of imidazole rings is 1. The van der Waals surface area contributed by atoms with Crippen molar-refractivity contribution in [1.82, 2.24) is 9.97 Å². The molecule has 0 aliphatic heterocycles. The monoisotopic (exact) mass is 379 g/mol. The van der Waals surface area contributed by atoms with Crippen LogP contribution in [-0.2, 0) is 10.0 Å². The van der Waals surface area contributed by atoms with Gasteiger partial charge < -0.3 is 19.8 Å². The number of fused-ring (bicyclic) bond motifs is 1. The van der Waals surface area contributed by atoms with Crippen LogP contribution in [0.4, 0.5) is 16.4 Å². The summed E-state index contributed by atoms with van der Waals surface area (Å²) in [6.45, 7) is 0. The fourth-order valence-corrected chi connectivity index (χ4v) is 3.31. The molecule has 0 atom stereocenters. The molecule has 10 heteroatoms. The fraction of sp³-hybridized carbons (Fsp3) is 0.0667. The fourth-order valence-electron chi connectivity index (χ4n) is 2.13. The summed E-state index contributed by atoms with van der Waals surface area (Å²) in [6.07, 6.45) is -1.41. The normalized spacial score (nSPS) is 11.4. The molecule has 3 rings (SSSR count). The third-order valence-electron chi connectivity index (χ3n) is 3.44. The highest BCUT2D eigenvalue weighted by Crippen LogP contribution is 2.23. The lowest BCUT2D eigenvalue weighted by atomic mass is 10.3. The highest BCUT2D eigenvalue weighted by molar-refractivity contribution is 7.92. The Hall–Kier alpha value is -2.78. The number of hydrogen-bond acceptors (Lipinski definition) is 5. The van der Waals surface area contributed by atoms with Crippen LogP contribution in [0.25, 0.3) is 11.0 Å². The highest BCUT2D eigenvalue weighted by Gasteiger charge is 2.15. The maximum atomic E-state index is 12.4. The summed E-state index contributed by atoms with van der Waals surface area (Å²) in [5.41, 5.74) is 1.26. The van der Waals surface area contributed by atoms with Crippen LogP contribution >= 0.6 is 11.6 Å². The van der Waals surface area contributed by atoms with Crippen molar-refractivity contribution in [3.05, 3.63) is 47.5 Å². The smallest absolute Gasteiger partial charge is 0.261 e. The van der Waals surface area contributed by atoms with Crippen LogP contribution in [0.15, 0.2) is 47.4 Å². The van der Waals surface area contributed by atoms with Crippen molar-refractivity contribution in [1.29, 1.82) is 0 Å². The molecular weight excluding hydrogens is 368 g/mol. The number of carboxylic acid groups (broad SMARTS) is 1. The van der Waals surface area contributed by atoms with E-state index in [1.807, 2.05) is 0 Å². The lowest BCUT2D eigenvalue weighted by Crippen LogP contribution is -2.38. The quantitative estimate of drug-likeness (QED) is 0.716. The molecule has 0 saturated heterocycles. The first-order valence-electron chi connectivity index (χ1n) is 6.99. The van der Waals surface area contributed by atoms with E-state index in [1.165, 1.54) is 43.4 Å². The number of sulfonamides is 1. The zero-order valence-electron chi connectivity index (χ0n) is 12.9. The first kappa shape index (κ1) is 17.1. The molecule has 2 aromatic carbocycles. The van der Waals surface area contributed by atoms with E-state index < -0.39 is 16.1 Å². The minimum absolute atomic E-state index is 0.0685. The third kappa shape index (κ3) is 3.52. The lowest BCUT2D eigenvalue weighted by molar-refractivity contribution is -0.246. The van der Waals surface area contributed by atoms with Gasteiger partial charge in [0.15, 0.2) is 0 Å². The molecular formula is C15H12ClN4O4S-. The van der Waals surface area contributed by atoms with Crippen molar-refractivity contribution < 1.29 is 18.3 Å². The maximum absolute atomic E-state index is 12.4. The van der Waals surface area contributed by atoms with E-state index in [9.17, 15) is 18.3 Å². The molecule has 0 aliphatic rings. The first-order valence-corrected chi connectivity index (χ1v) is 8.85. The van der Waals surface area contributed by atoms with E-state index in [0.717, 1.165) is 4.90 Å². The van der Waals surface area contributed by atoms with E-state index in [2.05, 4.69) is 14.7 Å². The number of benzene rings is 2. The molecule has 0 spiro atoms. The second-order valence-corrected chi connectivity index (χ2v) is 7.30. The third-order valence-corrected chi connectivity index (χ3v) is 5.09. The van der Waals surface area contributed by atoms with Crippen molar-refractivity contribution in [3.63, 3.8) is 0 Å². The Balaban J connectivity index is 1.91. The van der Waals surface area contributed by atoms with Gasteiger partial charge in [-0.1, -0.05) is 11.6 Å². The first-order chi connectivity index (χ1) is 11.8. The summed E-state index contributed by atoms with van der Waals surface area (Å²) in [7, 11) is -2.49. The van der Waals surface area contributed by atoms with Crippen LogP contribution in [0.1, 0.15) is 0 Å². The second kappa shape index (κ2) is 6.26. The SMILES string of the molecule is CN(C(=O)[O-])c1nc2ccc(NS(=O)(=O)c3ccc(Cl)cc3)cc2[nH]1. The molecule has 130 valence electrons. The van der Waals surface area contributed by atoms with Crippen LogP contribution in [0.5, 0.6) is 0 Å². The summed E-state index contributed by atoms with van der Waals surface area (Å²) in [6, 6.07) is 10.4. The van der Waals surface area contributed by atoms with Gasteiger partial charge in [-0.15, -0.1) is 0 Å². The van der Waals surface area contributed by atoms with Crippen molar-refractivity contribution in [2.75, 3.05) is 16.7 Å². The van der Waals surface area contributed by atoms with E-state index in [-0.39, 0.29) is 10.8 Å². The van der Waals surface area contributed by atoms with Gasteiger partial charge in [0.1, 0.15) is 6.09 Å². The van der Waals surface area contributed by atoms with Gasteiger partial charge in [0.25, 0.3) is 10.0 Å². The van der Waals surface area contributed by atoms with Crippen molar-refractivity contribution in [2.45, 2.75) is 4.90 Å². The molecule has 3 aromatic rings. The van der Waals surface area contributed by atoms with Crippen LogP contribution in [0, 0.1) is 0 Å². The zero-order chi connectivity index (χ0) is 18.2. The average molecular weight is 380 g/mol. The molecule has 0 radical (unpaired) electrons. The number of nitrogens with one attached hydrogen (secondary N) is 2. The van der Waals surface area contributed by atoms with Gasteiger partial charge in [-0.3, -0.25) is 4.72 Å². The van der Waals surface area contributed by atoms with E-state index in [0.29, 0.717) is 21.7 Å². The van der Waals surface area contributed by atoms with Crippen molar-refractivity contribution >= 4 is 50.4 Å². The number of aromatic amines is 1. The number of carbonyl (C=O) groups is 1. The predicted molar refractivity (Wildman–Crippen MR) is 92.2 cm³/mol. The zero-order valence-corrected chi connectivity index (χ0v) is 14.4. The molecule has 0 unspecified atom stereocenters. The summed E-state index contributed by atoms with van der Waals surface area (Å²) in [4.78, 5) is 18.6. The minimum Gasteiger partial charge on any atom is -0.530 e. The van der Waals surface area contributed by atoms with Crippen LogP contribution in [-0.4, -0.2) is 31.5 Å². The number of H-pyrrole nitrogens is 1. The van der Waals surface area contributed by atoms with E-state index in [1.54, 1.807) is 6.07 Å². The van der Waals surface area contributed by atoms with E-state index in [4.69, 9.17) is 11.6 Å². The molecule has 8 nitrogen and oxygen atoms in total. The number of amides is 1. The number of carbonyl (C=O) groups excluding carboxylic acids is 1. The van der Waals surface area contributed by atoms with Crippen molar-refractivity contribution in [3.8, 4) is 0 Å². The Bertz CT molecular complexity index is 1050. The van der Waals surface area contributed by atoms with Crippen LogP contribution in [0.3, 0.4) is 0 Å². The van der Waals surface area contributed by atoms with Crippen molar-refractivity contribution in [2.24, 2.45) is 0 Å². The molecule has 1 amide bonds. The Morgan fingerprint density at radius 1 is 1.24 bits per heavy atom. The maximum Gasteiger partial charge on any atom is 0.261 e. The topological polar surface area (TPSA) is 118 Å². The molecule has 0 fully saturated rings. The number of aromatic nitrogens is 2. The molecule has 1 aromatic heterocycles. The Morgan fingerprint density at radius 3 is 2.56 bits per heavy atom. The summed E-state index contributed by atoms with van der Waals surface area (Å²) < 4.78 is 27.2. The molecule has 0 saturated carbocycles. The molecule has 0 bridgehead atoms. The summed E-state index contributed by atoms with van der Waals surface area (Å²) >= 11 is 5.76. The average Bonchev–Trinajstić information content (AvgIpc) is 2.97. The van der Waals surface area contributed by atoms with Crippen LogP contribution < -0.4 is 14.7 Å². The van der Waals surface area contributed by atoms with Gasteiger partial charge in [0.05, 0.1) is 21.6 Å². The summed E-state index contributed by atoms with van der Waals surface area (Å²) in [5.74, 6) is 0.0766. The summed E-state index contributed by atoms with van der Waals surface area (Å²) in [5, 5.41) is 11.3.